The zero-order valence-electron chi connectivity index (χ0n) is 14.9. The quantitative estimate of drug-likeness (QED) is 0.395. The van der Waals surface area contributed by atoms with Crippen molar-refractivity contribution in [2.75, 3.05) is 6.61 Å². The van der Waals surface area contributed by atoms with E-state index in [2.05, 4.69) is 4.98 Å². The van der Waals surface area contributed by atoms with E-state index >= 15 is 0 Å². The molecule has 0 aliphatic heterocycles. The number of aliphatic hydroxyl groups is 4. The lowest BCUT2D eigenvalue weighted by Crippen LogP contribution is -2.46. The summed E-state index contributed by atoms with van der Waals surface area (Å²) in [6.07, 6.45) is -1.89. The number of hydrogen-bond donors (Lipinski definition) is 4. The zero-order valence-corrected chi connectivity index (χ0v) is 14.9. The largest absolute Gasteiger partial charge is 0.394 e. The van der Waals surface area contributed by atoms with Crippen molar-refractivity contribution in [2.45, 2.75) is 31.4 Å². The van der Waals surface area contributed by atoms with Crippen molar-refractivity contribution in [3.63, 3.8) is 0 Å². The van der Waals surface area contributed by atoms with Crippen molar-refractivity contribution in [1.82, 2.24) is 14.1 Å². The molecule has 9 heteroatoms. The molecule has 0 saturated carbocycles. The molecule has 0 bridgehead atoms. The highest BCUT2D eigenvalue weighted by Crippen LogP contribution is 2.16. The van der Waals surface area contributed by atoms with Crippen LogP contribution >= 0.6 is 0 Å². The minimum absolute atomic E-state index is 0.0578. The molecule has 0 amide bonds. The Hall–Kier alpha value is -2.85. The van der Waals surface area contributed by atoms with Crippen LogP contribution in [-0.2, 0) is 13.1 Å². The molecular weight excluding hydrogens is 366 g/mol. The summed E-state index contributed by atoms with van der Waals surface area (Å²) in [6.45, 7) is -1.16. The number of hydrogen-bond acceptors (Lipinski definition) is 7. The predicted octanol–water partition coefficient (Wildman–Crippen LogP) is -1.32. The molecule has 2 aromatic heterocycles. The lowest BCUT2D eigenvalue weighted by molar-refractivity contribution is -0.0810. The van der Waals surface area contributed by atoms with Crippen molar-refractivity contribution in [1.29, 1.82) is 0 Å². The van der Waals surface area contributed by atoms with Gasteiger partial charge in [0.2, 0.25) is 0 Å². The van der Waals surface area contributed by atoms with Crippen LogP contribution in [0.3, 0.4) is 0 Å². The number of aliphatic hydroxyl groups excluding tert-OH is 4. The zero-order chi connectivity index (χ0) is 20.3. The third kappa shape index (κ3) is 4.02. The van der Waals surface area contributed by atoms with Gasteiger partial charge in [-0.1, -0.05) is 24.3 Å². The SMILES string of the molecule is O=c1ccn(C[C@@H](O)[C@@H](O)[C@H](O)CO)c(=O)n1Cc1nccc2ccccc12. The molecular formula is C19H21N3O6. The van der Waals surface area contributed by atoms with Gasteiger partial charge in [-0.2, -0.15) is 0 Å². The molecule has 148 valence electrons. The highest BCUT2D eigenvalue weighted by Gasteiger charge is 2.25. The van der Waals surface area contributed by atoms with Crippen LogP contribution in [0.2, 0.25) is 0 Å². The molecule has 0 saturated heterocycles. The van der Waals surface area contributed by atoms with Gasteiger partial charge in [-0.3, -0.25) is 18.9 Å². The van der Waals surface area contributed by atoms with Gasteiger partial charge in [0.25, 0.3) is 5.56 Å². The Morgan fingerprint density at radius 3 is 2.50 bits per heavy atom. The third-order valence-electron chi connectivity index (χ3n) is 4.56. The van der Waals surface area contributed by atoms with Crippen LogP contribution in [0.1, 0.15) is 5.69 Å². The molecule has 1 aromatic carbocycles. The van der Waals surface area contributed by atoms with E-state index in [1.54, 1.807) is 6.20 Å². The number of rotatable bonds is 7. The van der Waals surface area contributed by atoms with Crippen molar-refractivity contribution >= 4 is 10.8 Å². The first-order valence-electron chi connectivity index (χ1n) is 8.70. The second-order valence-corrected chi connectivity index (χ2v) is 6.46. The predicted molar refractivity (Wildman–Crippen MR) is 101 cm³/mol. The normalized spacial score (nSPS) is 14.7. The summed E-state index contributed by atoms with van der Waals surface area (Å²) in [7, 11) is 0. The molecule has 3 aromatic rings. The van der Waals surface area contributed by atoms with Crippen LogP contribution in [0.5, 0.6) is 0 Å². The fourth-order valence-corrected chi connectivity index (χ4v) is 2.97. The van der Waals surface area contributed by atoms with Crippen LogP contribution in [0.15, 0.2) is 58.4 Å². The first kappa shape index (κ1) is 19.9. The summed E-state index contributed by atoms with van der Waals surface area (Å²) < 4.78 is 2.04. The van der Waals surface area contributed by atoms with Gasteiger partial charge in [-0.05, 0) is 11.5 Å². The lowest BCUT2D eigenvalue weighted by Gasteiger charge is -2.22. The van der Waals surface area contributed by atoms with Crippen molar-refractivity contribution < 1.29 is 20.4 Å². The van der Waals surface area contributed by atoms with E-state index in [-0.39, 0.29) is 13.1 Å². The van der Waals surface area contributed by atoms with Crippen LogP contribution < -0.4 is 11.2 Å². The Bertz CT molecular complexity index is 1070. The molecule has 0 radical (unpaired) electrons. The molecule has 0 spiro atoms. The van der Waals surface area contributed by atoms with Gasteiger partial charge in [0.15, 0.2) is 0 Å². The fourth-order valence-electron chi connectivity index (χ4n) is 2.97. The smallest absolute Gasteiger partial charge is 0.331 e. The molecule has 9 nitrogen and oxygen atoms in total. The molecule has 4 N–H and O–H groups in total. The van der Waals surface area contributed by atoms with Crippen molar-refractivity contribution in [3.8, 4) is 0 Å². The van der Waals surface area contributed by atoms with Gasteiger partial charge in [-0.25, -0.2) is 4.79 Å². The van der Waals surface area contributed by atoms with Gasteiger partial charge in [0.05, 0.1) is 25.4 Å². The average molecular weight is 387 g/mol. The molecule has 28 heavy (non-hydrogen) atoms. The van der Waals surface area contributed by atoms with Crippen molar-refractivity contribution in [2.24, 2.45) is 0 Å². The number of nitrogens with zero attached hydrogens (tertiary/aromatic N) is 3. The van der Waals surface area contributed by atoms with E-state index < -0.39 is 36.2 Å². The molecule has 0 fully saturated rings. The Morgan fingerprint density at radius 2 is 1.75 bits per heavy atom. The van der Waals surface area contributed by atoms with E-state index in [4.69, 9.17) is 5.11 Å². The van der Waals surface area contributed by atoms with E-state index in [1.807, 2.05) is 30.3 Å². The van der Waals surface area contributed by atoms with Crippen LogP contribution in [0.4, 0.5) is 0 Å². The van der Waals surface area contributed by atoms with E-state index in [0.29, 0.717) is 5.69 Å². The summed E-state index contributed by atoms with van der Waals surface area (Å²) >= 11 is 0. The maximum absolute atomic E-state index is 12.7. The highest BCUT2D eigenvalue weighted by atomic mass is 16.4. The average Bonchev–Trinajstić information content (AvgIpc) is 2.72. The molecule has 3 atom stereocenters. The number of pyridine rings is 1. The number of benzene rings is 1. The Balaban J connectivity index is 1.93. The summed E-state index contributed by atoms with van der Waals surface area (Å²) in [5, 5.41) is 39.8. The van der Waals surface area contributed by atoms with Gasteiger partial charge in [0, 0.05) is 23.8 Å². The first-order chi connectivity index (χ1) is 13.4. The monoisotopic (exact) mass is 387 g/mol. The van der Waals surface area contributed by atoms with E-state index in [9.17, 15) is 24.9 Å². The molecule has 0 aliphatic carbocycles. The number of fused-ring (bicyclic) bond motifs is 1. The summed E-state index contributed by atoms with van der Waals surface area (Å²) in [5.74, 6) is 0. The first-order valence-corrected chi connectivity index (χ1v) is 8.70. The fraction of sp³-hybridized carbons (Fsp3) is 0.316. The maximum Gasteiger partial charge on any atom is 0.331 e. The summed E-state index contributed by atoms with van der Waals surface area (Å²) in [6, 6.07) is 10.5. The molecule has 3 rings (SSSR count). The van der Waals surface area contributed by atoms with Crippen LogP contribution in [0, 0.1) is 0 Å². The van der Waals surface area contributed by atoms with Gasteiger partial charge < -0.3 is 20.4 Å². The number of aromatic nitrogens is 3. The minimum Gasteiger partial charge on any atom is -0.394 e. The molecule has 2 heterocycles. The maximum atomic E-state index is 12.7. The van der Waals surface area contributed by atoms with Gasteiger partial charge in [-0.15, -0.1) is 0 Å². The minimum atomic E-state index is -1.64. The Labute approximate surface area is 159 Å². The van der Waals surface area contributed by atoms with Crippen LogP contribution in [0.25, 0.3) is 10.8 Å². The topological polar surface area (TPSA) is 138 Å². The standard InChI is InChI=1S/C19H21N3O6/c23-11-16(25)18(27)15(24)10-21-8-6-17(26)22(19(21)28)9-14-13-4-2-1-3-12(13)5-7-20-14/h1-8,15-16,18,23-25,27H,9-11H2/t15-,16-,18-/m1/s1. The van der Waals surface area contributed by atoms with E-state index in [1.165, 1.54) is 12.3 Å². The van der Waals surface area contributed by atoms with E-state index in [0.717, 1.165) is 19.9 Å². The Kier molecular flexibility index (Phi) is 6.00. The van der Waals surface area contributed by atoms with Gasteiger partial charge >= 0.3 is 5.69 Å². The second-order valence-electron chi connectivity index (χ2n) is 6.46. The van der Waals surface area contributed by atoms with Crippen LogP contribution in [-0.4, -0.2) is 59.5 Å². The molecule has 0 unspecified atom stereocenters. The van der Waals surface area contributed by atoms with Gasteiger partial charge in [0.1, 0.15) is 18.3 Å². The summed E-state index contributed by atoms with van der Waals surface area (Å²) in [4.78, 5) is 29.2. The lowest BCUT2D eigenvalue weighted by atomic mass is 10.1. The Morgan fingerprint density at radius 1 is 1.00 bits per heavy atom. The third-order valence-corrected chi connectivity index (χ3v) is 4.56. The second kappa shape index (κ2) is 8.44. The van der Waals surface area contributed by atoms with Crippen molar-refractivity contribution in [3.05, 3.63) is 75.3 Å². The molecule has 0 aliphatic rings. The summed E-state index contributed by atoms with van der Waals surface area (Å²) in [5.41, 5.74) is -0.667. The highest BCUT2D eigenvalue weighted by molar-refractivity contribution is 5.84.